The van der Waals surface area contributed by atoms with Crippen LogP contribution in [0.15, 0.2) is 0 Å². The number of likely N-dealkylation sites (tertiary alicyclic amines) is 1. The van der Waals surface area contributed by atoms with Gasteiger partial charge in [0.1, 0.15) is 11.5 Å². The minimum atomic E-state index is -1.14. The largest absolute Gasteiger partial charge is 0.465 e. The SMILES string of the molecule is CCOC(=O)C1(C(=O)N2CCCC2C(=O)N2CCN(c3nc(N4CCCC4)nc(N4CCCC4)n3)CC2)CCCCC1. The van der Waals surface area contributed by atoms with Crippen LogP contribution in [-0.4, -0.2) is 114 Å². The second kappa shape index (κ2) is 12.6. The summed E-state index contributed by atoms with van der Waals surface area (Å²) in [5.41, 5.74) is -1.14. The van der Waals surface area contributed by atoms with Gasteiger partial charge in [-0.25, -0.2) is 0 Å². The van der Waals surface area contributed by atoms with Crippen LogP contribution in [0.4, 0.5) is 17.8 Å². The van der Waals surface area contributed by atoms with Crippen LogP contribution >= 0.6 is 0 Å². The van der Waals surface area contributed by atoms with E-state index in [-0.39, 0.29) is 18.4 Å². The first-order valence-corrected chi connectivity index (χ1v) is 16.3. The van der Waals surface area contributed by atoms with Crippen molar-refractivity contribution in [3.63, 3.8) is 0 Å². The highest BCUT2D eigenvalue weighted by atomic mass is 16.5. The third-order valence-electron chi connectivity index (χ3n) is 9.83. The van der Waals surface area contributed by atoms with Crippen LogP contribution in [0.3, 0.4) is 0 Å². The predicted octanol–water partition coefficient (Wildman–Crippen LogP) is 2.23. The van der Waals surface area contributed by atoms with E-state index in [9.17, 15) is 14.4 Å². The number of rotatable bonds is 7. The third kappa shape index (κ3) is 5.60. The second-order valence-electron chi connectivity index (χ2n) is 12.5. The van der Waals surface area contributed by atoms with E-state index in [2.05, 4.69) is 14.7 Å². The number of hydrogen-bond donors (Lipinski definition) is 0. The fourth-order valence-electron chi connectivity index (χ4n) is 7.41. The minimum absolute atomic E-state index is 0.0125. The van der Waals surface area contributed by atoms with Crippen molar-refractivity contribution in [1.29, 1.82) is 0 Å². The van der Waals surface area contributed by atoms with Gasteiger partial charge in [-0.05, 0) is 58.3 Å². The van der Waals surface area contributed by atoms with Crippen molar-refractivity contribution in [2.45, 2.75) is 83.6 Å². The van der Waals surface area contributed by atoms with Gasteiger partial charge < -0.3 is 29.2 Å². The average molecular weight is 583 g/mol. The van der Waals surface area contributed by atoms with Gasteiger partial charge in [0.25, 0.3) is 0 Å². The van der Waals surface area contributed by atoms with Crippen molar-refractivity contribution in [2.75, 3.05) is 80.2 Å². The van der Waals surface area contributed by atoms with Crippen molar-refractivity contribution in [3.8, 4) is 0 Å². The number of hydrogen-bond acceptors (Lipinski definition) is 10. The molecule has 6 rings (SSSR count). The zero-order valence-electron chi connectivity index (χ0n) is 25.1. The number of amides is 2. The molecule has 42 heavy (non-hydrogen) atoms. The molecule has 0 N–H and O–H groups in total. The Balaban J connectivity index is 1.14. The third-order valence-corrected chi connectivity index (χ3v) is 9.83. The highest BCUT2D eigenvalue weighted by Gasteiger charge is 2.52. The molecular weight excluding hydrogens is 536 g/mol. The van der Waals surface area contributed by atoms with Crippen LogP contribution in [0.25, 0.3) is 0 Å². The van der Waals surface area contributed by atoms with Crippen molar-refractivity contribution in [3.05, 3.63) is 0 Å². The van der Waals surface area contributed by atoms with Gasteiger partial charge in [0, 0.05) is 58.9 Å². The van der Waals surface area contributed by atoms with Crippen molar-refractivity contribution in [1.82, 2.24) is 24.8 Å². The van der Waals surface area contributed by atoms with E-state index < -0.39 is 17.4 Å². The Hall–Kier alpha value is -3.18. The van der Waals surface area contributed by atoms with Crippen LogP contribution in [0.5, 0.6) is 0 Å². The normalized spacial score (nSPS) is 24.4. The molecule has 1 unspecified atom stereocenters. The van der Waals surface area contributed by atoms with E-state index >= 15 is 0 Å². The smallest absolute Gasteiger partial charge is 0.321 e. The van der Waals surface area contributed by atoms with Gasteiger partial charge in [-0.1, -0.05) is 19.3 Å². The topological polar surface area (TPSA) is 115 Å². The highest BCUT2D eigenvalue weighted by molar-refractivity contribution is 6.04. The molecule has 4 saturated heterocycles. The standard InChI is InChI=1S/C30H46N8O4/c1-2-42-26(41)30(12-4-3-5-13-30)25(40)38-18-10-11-23(38)24(39)34-19-21-37(22-20-34)29-32-27(35-14-6-7-15-35)31-28(33-29)36-16-8-9-17-36/h23H,2-22H2,1H3. The Morgan fingerprint density at radius 1 is 0.690 bits per heavy atom. The molecule has 230 valence electrons. The lowest BCUT2D eigenvalue weighted by Gasteiger charge is -2.40. The zero-order valence-corrected chi connectivity index (χ0v) is 25.1. The van der Waals surface area contributed by atoms with Gasteiger partial charge in [-0.2, -0.15) is 15.0 Å². The van der Waals surface area contributed by atoms with Crippen LogP contribution in [0, 0.1) is 5.41 Å². The van der Waals surface area contributed by atoms with E-state index in [1.807, 2.05) is 4.90 Å². The highest BCUT2D eigenvalue weighted by Crippen LogP contribution is 2.41. The van der Waals surface area contributed by atoms with Gasteiger partial charge in [-0.3, -0.25) is 14.4 Å². The van der Waals surface area contributed by atoms with E-state index in [0.29, 0.717) is 57.9 Å². The molecule has 12 heteroatoms. The lowest BCUT2D eigenvalue weighted by atomic mass is 9.72. The van der Waals surface area contributed by atoms with Gasteiger partial charge in [0.15, 0.2) is 0 Å². The number of piperazine rings is 1. The Bertz CT molecular complexity index is 1100. The van der Waals surface area contributed by atoms with Crippen molar-refractivity contribution >= 4 is 35.6 Å². The number of aromatic nitrogens is 3. The number of esters is 1. The Labute approximate surface area is 248 Å². The van der Waals surface area contributed by atoms with Crippen molar-refractivity contribution < 1.29 is 19.1 Å². The summed E-state index contributed by atoms with van der Waals surface area (Å²) in [5.74, 6) is 1.57. The summed E-state index contributed by atoms with van der Waals surface area (Å²) < 4.78 is 5.40. The molecule has 0 spiro atoms. The molecule has 1 aromatic heterocycles. The summed E-state index contributed by atoms with van der Waals surface area (Å²) in [6, 6.07) is -0.516. The van der Waals surface area contributed by atoms with Crippen LogP contribution in [0.1, 0.15) is 77.6 Å². The molecule has 5 fully saturated rings. The molecule has 1 atom stereocenters. The summed E-state index contributed by atoms with van der Waals surface area (Å²) in [7, 11) is 0. The number of ether oxygens (including phenoxy) is 1. The lowest BCUT2D eigenvalue weighted by Crippen LogP contribution is -2.58. The average Bonchev–Trinajstić information content (AvgIpc) is 3.84. The maximum Gasteiger partial charge on any atom is 0.321 e. The molecule has 1 aliphatic carbocycles. The Morgan fingerprint density at radius 3 is 1.74 bits per heavy atom. The minimum Gasteiger partial charge on any atom is -0.465 e. The molecule has 0 bridgehead atoms. The van der Waals surface area contributed by atoms with Gasteiger partial charge in [-0.15, -0.1) is 0 Å². The number of carbonyl (C=O) groups is 3. The Kier molecular flexibility index (Phi) is 8.67. The molecule has 2 amide bonds. The molecule has 1 aromatic rings. The van der Waals surface area contributed by atoms with Crippen LogP contribution < -0.4 is 14.7 Å². The predicted molar refractivity (Wildman–Crippen MR) is 158 cm³/mol. The first-order valence-electron chi connectivity index (χ1n) is 16.3. The first kappa shape index (κ1) is 28.9. The number of nitrogens with zero attached hydrogens (tertiary/aromatic N) is 8. The van der Waals surface area contributed by atoms with Gasteiger partial charge in [0.2, 0.25) is 29.7 Å². The maximum absolute atomic E-state index is 14.0. The second-order valence-corrected chi connectivity index (χ2v) is 12.5. The van der Waals surface area contributed by atoms with Crippen molar-refractivity contribution in [2.24, 2.45) is 5.41 Å². The molecule has 12 nitrogen and oxygen atoms in total. The molecule has 4 aliphatic heterocycles. The number of carbonyl (C=O) groups excluding carboxylic acids is 3. The molecule has 5 heterocycles. The van der Waals surface area contributed by atoms with E-state index in [0.717, 1.165) is 89.4 Å². The summed E-state index contributed by atoms with van der Waals surface area (Å²) in [6.45, 7) is 8.77. The van der Waals surface area contributed by atoms with E-state index in [4.69, 9.17) is 19.7 Å². The molecular formula is C30H46N8O4. The lowest BCUT2D eigenvalue weighted by molar-refractivity contribution is -0.169. The van der Waals surface area contributed by atoms with Gasteiger partial charge in [0.05, 0.1) is 6.61 Å². The zero-order chi connectivity index (χ0) is 29.1. The first-order chi connectivity index (χ1) is 20.5. The summed E-state index contributed by atoms with van der Waals surface area (Å²) >= 11 is 0. The van der Waals surface area contributed by atoms with Gasteiger partial charge >= 0.3 is 5.97 Å². The van der Waals surface area contributed by atoms with Crippen LogP contribution in [-0.2, 0) is 19.1 Å². The summed E-state index contributed by atoms with van der Waals surface area (Å²) in [5, 5.41) is 0. The Morgan fingerprint density at radius 2 is 1.21 bits per heavy atom. The molecule has 0 aromatic carbocycles. The summed E-state index contributed by atoms with van der Waals surface area (Å²) in [4.78, 5) is 65.8. The van der Waals surface area contributed by atoms with Crippen LogP contribution in [0.2, 0.25) is 0 Å². The molecule has 0 radical (unpaired) electrons. The monoisotopic (exact) mass is 582 g/mol. The number of anilines is 3. The fraction of sp³-hybridized carbons (Fsp3) is 0.800. The molecule has 5 aliphatic rings. The molecule has 1 saturated carbocycles. The maximum atomic E-state index is 14.0. The quantitative estimate of drug-likeness (QED) is 0.350. The summed E-state index contributed by atoms with van der Waals surface area (Å²) in [6.07, 6.45) is 9.71. The van der Waals surface area contributed by atoms with E-state index in [1.165, 1.54) is 0 Å². The fourth-order valence-corrected chi connectivity index (χ4v) is 7.41. The van der Waals surface area contributed by atoms with E-state index in [1.54, 1.807) is 11.8 Å².